The van der Waals surface area contributed by atoms with Gasteiger partial charge >= 0.3 is 0 Å². The van der Waals surface area contributed by atoms with E-state index < -0.39 is 0 Å². The highest BCUT2D eigenvalue weighted by Crippen LogP contribution is 2.24. The van der Waals surface area contributed by atoms with E-state index in [-0.39, 0.29) is 11.7 Å². The molecule has 2 rings (SSSR count). The third kappa shape index (κ3) is 4.09. The standard InChI is InChI=1S/C18H21NO2/c1-12-4-6-15(14(3)10-12)7-9-18(21)19-16-8-5-13(2)11-17(16)20/h4-6,8,10-11,20H,7,9H2,1-3H3,(H,19,21). The molecule has 3 heteroatoms. The van der Waals surface area contributed by atoms with Crippen LogP contribution >= 0.6 is 0 Å². The van der Waals surface area contributed by atoms with E-state index >= 15 is 0 Å². The average Bonchev–Trinajstić information content (AvgIpc) is 2.41. The molecule has 2 N–H and O–H groups in total. The summed E-state index contributed by atoms with van der Waals surface area (Å²) < 4.78 is 0. The van der Waals surface area contributed by atoms with Crippen molar-refractivity contribution in [2.75, 3.05) is 5.32 Å². The number of carbonyl (C=O) groups is 1. The predicted octanol–water partition coefficient (Wildman–Crippen LogP) is 3.89. The van der Waals surface area contributed by atoms with E-state index in [1.54, 1.807) is 12.1 Å². The number of aryl methyl sites for hydroxylation is 4. The highest BCUT2D eigenvalue weighted by atomic mass is 16.3. The molecule has 0 aliphatic heterocycles. The van der Waals surface area contributed by atoms with Gasteiger partial charge in [-0.2, -0.15) is 0 Å². The normalized spacial score (nSPS) is 10.4. The smallest absolute Gasteiger partial charge is 0.224 e. The summed E-state index contributed by atoms with van der Waals surface area (Å²) in [5.74, 6) is 0.0176. The van der Waals surface area contributed by atoms with Gasteiger partial charge in [0.05, 0.1) is 5.69 Å². The lowest BCUT2D eigenvalue weighted by atomic mass is 10.0. The van der Waals surface area contributed by atoms with Gasteiger partial charge in [0.15, 0.2) is 0 Å². The summed E-state index contributed by atoms with van der Waals surface area (Å²) in [5, 5.41) is 12.5. The molecule has 0 saturated carbocycles. The average molecular weight is 283 g/mol. The maximum absolute atomic E-state index is 12.0. The summed E-state index contributed by atoms with van der Waals surface area (Å²) >= 11 is 0. The molecule has 0 bridgehead atoms. The molecule has 0 aromatic heterocycles. The molecule has 0 unspecified atom stereocenters. The molecule has 21 heavy (non-hydrogen) atoms. The summed E-state index contributed by atoms with van der Waals surface area (Å²) in [7, 11) is 0. The minimum absolute atomic E-state index is 0.0888. The van der Waals surface area contributed by atoms with Gasteiger partial charge in [0.1, 0.15) is 5.75 Å². The molecule has 1 amide bonds. The molecular weight excluding hydrogens is 262 g/mol. The molecule has 0 saturated heterocycles. The van der Waals surface area contributed by atoms with Crippen molar-refractivity contribution < 1.29 is 9.90 Å². The van der Waals surface area contributed by atoms with Crippen LogP contribution in [0.1, 0.15) is 28.7 Å². The fourth-order valence-corrected chi connectivity index (χ4v) is 2.33. The monoisotopic (exact) mass is 283 g/mol. The molecule has 110 valence electrons. The van der Waals surface area contributed by atoms with Gasteiger partial charge in [-0.15, -0.1) is 0 Å². The number of aromatic hydroxyl groups is 1. The molecule has 0 atom stereocenters. The highest BCUT2D eigenvalue weighted by molar-refractivity contribution is 5.92. The summed E-state index contributed by atoms with van der Waals surface area (Å²) in [6, 6.07) is 11.5. The van der Waals surface area contributed by atoms with Crippen LogP contribution < -0.4 is 5.32 Å². The number of amides is 1. The quantitative estimate of drug-likeness (QED) is 0.836. The third-order valence-corrected chi connectivity index (χ3v) is 3.55. The van der Waals surface area contributed by atoms with Crippen LogP contribution in [-0.4, -0.2) is 11.0 Å². The highest BCUT2D eigenvalue weighted by Gasteiger charge is 2.08. The van der Waals surface area contributed by atoms with E-state index in [1.165, 1.54) is 16.7 Å². The lowest BCUT2D eigenvalue weighted by molar-refractivity contribution is -0.116. The van der Waals surface area contributed by atoms with Gasteiger partial charge in [-0.25, -0.2) is 0 Å². The second-order valence-electron chi connectivity index (χ2n) is 5.50. The van der Waals surface area contributed by atoms with Crippen LogP contribution in [0.3, 0.4) is 0 Å². The first kappa shape index (κ1) is 15.1. The Labute approximate surface area is 125 Å². The second kappa shape index (κ2) is 6.44. The van der Waals surface area contributed by atoms with Crippen molar-refractivity contribution in [3.8, 4) is 5.75 Å². The molecule has 0 aliphatic carbocycles. The van der Waals surface area contributed by atoms with Gasteiger partial charge in [0, 0.05) is 6.42 Å². The van der Waals surface area contributed by atoms with Crippen LogP contribution in [0.5, 0.6) is 5.75 Å². The van der Waals surface area contributed by atoms with E-state index in [4.69, 9.17) is 0 Å². The molecule has 0 fully saturated rings. The molecule has 0 radical (unpaired) electrons. The van der Waals surface area contributed by atoms with Gasteiger partial charge in [-0.3, -0.25) is 4.79 Å². The zero-order valence-electron chi connectivity index (χ0n) is 12.7. The van der Waals surface area contributed by atoms with Crippen LogP contribution in [0.4, 0.5) is 5.69 Å². The van der Waals surface area contributed by atoms with Gasteiger partial charge in [0.25, 0.3) is 0 Å². The van der Waals surface area contributed by atoms with Crippen molar-refractivity contribution in [1.82, 2.24) is 0 Å². The van der Waals surface area contributed by atoms with Crippen LogP contribution in [0.25, 0.3) is 0 Å². The Bertz CT molecular complexity index is 662. The Morgan fingerprint density at radius 1 is 1.05 bits per heavy atom. The number of phenols is 1. The lowest BCUT2D eigenvalue weighted by Crippen LogP contribution is -2.12. The van der Waals surface area contributed by atoms with Crippen molar-refractivity contribution >= 4 is 11.6 Å². The Kier molecular flexibility index (Phi) is 4.63. The van der Waals surface area contributed by atoms with E-state index in [0.717, 1.165) is 5.56 Å². The first-order chi connectivity index (χ1) is 9.95. The molecule has 0 aliphatic rings. The lowest BCUT2D eigenvalue weighted by Gasteiger charge is -2.09. The third-order valence-electron chi connectivity index (χ3n) is 3.55. The van der Waals surface area contributed by atoms with Gasteiger partial charge in [-0.1, -0.05) is 29.8 Å². The van der Waals surface area contributed by atoms with Crippen LogP contribution in [0.15, 0.2) is 36.4 Å². The first-order valence-electron chi connectivity index (χ1n) is 7.11. The Balaban J connectivity index is 1.96. The van der Waals surface area contributed by atoms with Crippen molar-refractivity contribution in [2.24, 2.45) is 0 Å². The number of hydrogen-bond donors (Lipinski definition) is 2. The van der Waals surface area contributed by atoms with Gasteiger partial charge < -0.3 is 10.4 Å². The van der Waals surface area contributed by atoms with Crippen molar-refractivity contribution in [2.45, 2.75) is 33.6 Å². The predicted molar refractivity (Wildman–Crippen MR) is 85.7 cm³/mol. The van der Waals surface area contributed by atoms with Crippen molar-refractivity contribution in [3.63, 3.8) is 0 Å². The maximum atomic E-state index is 12.0. The molecule has 0 spiro atoms. The molecule has 2 aromatic carbocycles. The molecular formula is C18H21NO2. The van der Waals surface area contributed by atoms with E-state index in [1.807, 2.05) is 13.0 Å². The summed E-state index contributed by atoms with van der Waals surface area (Å²) in [5.41, 5.74) is 5.04. The van der Waals surface area contributed by atoms with Crippen LogP contribution in [-0.2, 0) is 11.2 Å². The van der Waals surface area contributed by atoms with Gasteiger partial charge in [0.2, 0.25) is 5.91 Å². The molecule has 0 heterocycles. The van der Waals surface area contributed by atoms with E-state index in [2.05, 4.69) is 37.4 Å². The molecule has 2 aromatic rings. The van der Waals surface area contributed by atoms with Gasteiger partial charge in [-0.05, 0) is 56.0 Å². The van der Waals surface area contributed by atoms with Crippen molar-refractivity contribution in [1.29, 1.82) is 0 Å². The molecule has 3 nitrogen and oxygen atoms in total. The zero-order chi connectivity index (χ0) is 15.4. The van der Waals surface area contributed by atoms with Crippen molar-refractivity contribution in [3.05, 3.63) is 58.7 Å². The summed E-state index contributed by atoms with van der Waals surface area (Å²) in [6.07, 6.45) is 1.10. The fraction of sp³-hybridized carbons (Fsp3) is 0.278. The first-order valence-corrected chi connectivity index (χ1v) is 7.11. The second-order valence-corrected chi connectivity index (χ2v) is 5.50. The van der Waals surface area contributed by atoms with E-state index in [9.17, 15) is 9.90 Å². The number of benzene rings is 2. The number of nitrogens with one attached hydrogen (secondary N) is 1. The largest absolute Gasteiger partial charge is 0.506 e. The number of carbonyl (C=O) groups excluding carboxylic acids is 1. The topological polar surface area (TPSA) is 49.3 Å². The summed E-state index contributed by atoms with van der Waals surface area (Å²) in [6.45, 7) is 6.02. The Morgan fingerprint density at radius 3 is 2.38 bits per heavy atom. The number of anilines is 1. The fourth-order valence-electron chi connectivity index (χ4n) is 2.33. The Hall–Kier alpha value is -2.29. The van der Waals surface area contributed by atoms with Crippen LogP contribution in [0, 0.1) is 20.8 Å². The minimum atomic E-state index is -0.0888. The maximum Gasteiger partial charge on any atom is 0.224 e. The number of hydrogen-bond acceptors (Lipinski definition) is 2. The number of rotatable bonds is 4. The summed E-state index contributed by atoms with van der Waals surface area (Å²) in [4.78, 5) is 12.0. The SMILES string of the molecule is Cc1ccc(CCC(=O)Nc2ccc(C)cc2O)c(C)c1. The Morgan fingerprint density at radius 2 is 1.71 bits per heavy atom. The van der Waals surface area contributed by atoms with E-state index in [0.29, 0.717) is 18.5 Å². The zero-order valence-corrected chi connectivity index (χ0v) is 12.7. The minimum Gasteiger partial charge on any atom is -0.506 e. The van der Waals surface area contributed by atoms with Crippen LogP contribution in [0.2, 0.25) is 0 Å². The number of phenolic OH excluding ortho intramolecular Hbond substituents is 1.